The number of carbonyl (C=O) groups excluding carboxylic acids is 1. The third kappa shape index (κ3) is 2.36. The van der Waals surface area contributed by atoms with Crippen LogP contribution in [0, 0.1) is 5.82 Å². The van der Waals surface area contributed by atoms with Gasteiger partial charge in [-0.1, -0.05) is 11.6 Å². The van der Waals surface area contributed by atoms with Crippen molar-refractivity contribution in [3.05, 3.63) is 41.2 Å². The summed E-state index contributed by atoms with van der Waals surface area (Å²) in [4.78, 5) is 15.2. The molecule has 0 bridgehead atoms. The predicted molar refractivity (Wildman–Crippen MR) is 65.8 cm³/mol. The minimum atomic E-state index is -0.569. The predicted octanol–water partition coefficient (Wildman–Crippen LogP) is 2.70. The fraction of sp³-hybridized carbons (Fsp3) is 0.167. The summed E-state index contributed by atoms with van der Waals surface area (Å²) in [5.41, 5.74) is 0.547. The molecule has 0 amide bonds. The molecule has 2 aromatic heterocycles. The molecule has 0 fully saturated rings. The highest BCUT2D eigenvalue weighted by atomic mass is 35.5. The molecule has 0 aromatic carbocycles. The van der Waals surface area contributed by atoms with Crippen molar-refractivity contribution in [1.29, 1.82) is 0 Å². The number of fused-ring (bicyclic) bond motifs is 1. The minimum Gasteiger partial charge on any atom is -0.463 e. The maximum absolute atomic E-state index is 13.8. The van der Waals surface area contributed by atoms with E-state index in [1.165, 1.54) is 28.9 Å². The molecule has 4 nitrogen and oxygen atoms in total. The van der Waals surface area contributed by atoms with E-state index >= 15 is 0 Å². The number of ether oxygens (including phenoxy) is 1. The van der Waals surface area contributed by atoms with Gasteiger partial charge >= 0.3 is 5.97 Å². The van der Waals surface area contributed by atoms with Gasteiger partial charge in [-0.15, -0.1) is 0 Å². The first-order valence-corrected chi connectivity index (χ1v) is 5.66. The number of rotatable bonds is 3. The van der Waals surface area contributed by atoms with E-state index in [0.29, 0.717) is 5.69 Å². The van der Waals surface area contributed by atoms with Gasteiger partial charge in [-0.05, 0) is 19.1 Å². The standard InChI is InChI=1S/C12H10ClFN2O2/c1-2-18-10(17)4-3-9-12-11(14)8(13)5-6-16(12)7-15-9/h3-7H,2H2,1H3/b4-3+. The Bertz CT molecular complexity index is 622. The van der Waals surface area contributed by atoms with Crippen molar-refractivity contribution in [3.8, 4) is 0 Å². The summed E-state index contributed by atoms with van der Waals surface area (Å²) in [6, 6.07) is 1.43. The molecule has 0 radical (unpaired) electrons. The van der Waals surface area contributed by atoms with Crippen LogP contribution in [0.5, 0.6) is 0 Å². The third-order valence-electron chi connectivity index (χ3n) is 2.28. The Hall–Kier alpha value is -1.88. The number of hydrogen-bond donors (Lipinski definition) is 0. The van der Waals surface area contributed by atoms with Crippen LogP contribution in [0.4, 0.5) is 4.39 Å². The van der Waals surface area contributed by atoms with E-state index in [4.69, 9.17) is 16.3 Å². The first kappa shape index (κ1) is 12.6. The highest BCUT2D eigenvalue weighted by Crippen LogP contribution is 2.22. The van der Waals surface area contributed by atoms with Gasteiger partial charge in [0.05, 0.1) is 23.7 Å². The molecule has 2 aromatic rings. The van der Waals surface area contributed by atoms with E-state index in [2.05, 4.69) is 4.98 Å². The van der Waals surface area contributed by atoms with Gasteiger partial charge in [0.2, 0.25) is 0 Å². The summed E-state index contributed by atoms with van der Waals surface area (Å²) in [5.74, 6) is -1.07. The van der Waals surface area contributed by atoms with Crippen LogP contribution in [0.3, 0.4) is 0 Å². The summed E-state index contributed by atoms with van der Waals surface area (Å²) in [5, 5.41) is 0.00813. The fourth-order valence-electron chi connectivity index (χ4n) is 1.51. The molecule has 0 N–H and O–H groups in total. The summed E-state index contributed by atoms with van der Waals surface area (Å²) >= 11 is 5.70. The van der Waals surface area contributed by atoms with E-state index < -0.39 is 11.8 Å². The monoisotopic (exact) mass is 268 g/mol. The van der Waals surface area contributed by atoms with Crippen LogP contribution >= 0.6 is 11.6 Å². The van der Waals surface area contributed by atoms with E-state index in [-0.39, 0.29) is 17.1 Å². The van der Waals surface area contributed by atoms with Crippen LogP contribution in [0.15, 0.2) is 24.7 Å². The Labute approximate surface area is 108 Å². The van der Waals surface area contributed by atoms with Crippen LogP contribution in [0.2, 0.25) is 5.02 Å². The lowest BCUT2D eigenvalue weighted by atomic mass is 10.3. The molecule has 0 saturated carbocycles. The summed E-state index contributed by atoms with van der Waals surface area (Å²) in [6.45, 7) is 1.99. The maximum Gasteiger partial charge on any atom is 0.330 e. The van der Waals surface area contributed by atoms with Crippen LogP contribution in [0.1, 0.15) is 12.6 Å². The molecule has 18 heavy (non-hydrogen) atoms. The van der Waals surface area contributed by atoms with E-state index in [1.807, 2.05) is 0 Å². The van der Waals surface area contributed by atoms with Crippen molar-refractivity contribution in [2.45, 2.75) is 6.92 Å². The molecule has 6 heteroatoms. The normalized spacial score (nSPS) is 11.3. The second-order valence-electron chi connectivity index (χ2n) is 3.45. The lowest BCUT2D eigenvalue weighted by Gasteiger charge is -1.98. The van der Waals surface area contributed by atoms with E-state index in [9.17, 15) is 9.18 Å². The first-order valence-electron chi connectivity index (χ1n) is 5.29. The van der Waals surface area contributed by atoms with Crippen LogP contribution in [0.25, 0.3) is 11.6 Å². The van der Waals surface area contributed by atoms with Crippen molar-refractivity contribution >= 4 is 29.2 Å². The van der Waals surface area contributed by atoms with Crippen molar-refractivity contribution in [2.24, 2.45) is 0 Å². The van der Waals surface area contributed by atoms with Crippen molar-refractivity contribution < 1.29 is 13.9 Å². The maximum atomic E-state index is 13.8. The average Bonchev–Trinajstić information content (AvgIpc) is 2.75. The van der Waals surface area contributed by atoms with Gasteiger partial charge < -0.3 is 9.14 Å². The van der Waals surface area contributed by atoms with Gasteiger partial charge in [0, 0.05) is 12.3 Å². The summed E-state index contributed by atoms with van der Waals surface area (Å²) in [7, 11) is 0. The third-order valence-corrected chi connectivity index (χ3v) is 2.58. The Balaban J connectivity index is 2.40. The van der Waals surface area contributed by atoms with E-state index in [0.717, 1.165) is 0 Å². The molecule has 0 aliphatic heterocycles. The number of pyridine rings is 1. The summed E-state index contributed by atoms with van der Waals surface area (Å²) < 4.78 is 20.0. The van der Waals surface area contributed by atoms with Crippen molar-refractivity contribution in [3.63, 3.8) is 0 Å². The zero-order valence-corrected chi connectivity index (χ0v) is 10.3. The van der Waals surface area contributed by atoms with Gasteiger partial charge in [0.1, 0.15) is 5.52 Å². The molecule has 0 unspecified atom stereocenters. The van der Waals surface area contributed by atoms with Crippen molar-refractivity contribution in [1.82, 2.24) is 9.38 Å². The Kier molecular flexibility index (Phi) is 3.62. The Morgan fingerprint density at radius 3 is 3.17 bits per heavy atom. The quantitative estimate of drug-likeness (QED) is 0.635. The molecular weight excluding hydrogens is 259 g/mol. The fourth-order valence-corrected chi connectivity index (χ4v) is 1.65. The second kappa shape index (κ2) is 5.18. The lowest BCUT2D eigenvalue weighted by molar-refractivity contribution is -0.137. The molecule has 94 valence electrons. The highest BCUT2D eigenvalue weighted by molar-refractivity contribution is 6.31. The average molecular weight is 269 g/mol. The Morgan fingerprint density at radius 1 is 1.67 bits per heavy atom. The molecule has 0 atom stereocenters. The Morgan fingerprint density at radius 2 is 2.44 bits per heavy atom. The number of halogens is 2. The van der Waals surface area contributed by atoms with Crippen LogP contribution in [-0.4, -0.2) is 22.0 Å². The van der Waals surface area contributed by atoms with E-state index in [1.54, 1.807) is 13.1 Å². The number of carbonyl (C=O) groups is 1. The highest BCUT2D eigenvalue weighted by Gasteiger charge is 2.10. The smallest absolute Gasteiger partial charge is 0.330 e. The van der Waals surface area contributed by atoms with Gasteiger partial charge in [-0.25, -0.2) is 14.2 Å². The second-order valence-corrected chi connectivity index (χ2v) is 3.86. The number of hydrogen-bond acceptors (Lipinski definition) is 3. The van der Waals surface area contributed by atoms with Gasteiger partial charge in [0.25, 0.3) is 0 Å². The van der Waals surface area contributed by atoms with Gasteiger partial charge in [-0.3, -0.25) is 0 Å². The van der Waals surface area contributed by atoms with Crippen LogP contribution in [-0.2, 0) is 9.53 Å². The van der Waals surface area contributed by atoms with Crippen LogP contribution < -0.4 is 0 Å². The topological polar surface area (TPSA) is 43.6 Å². The molecule has 0 spiro atoms. The molecular formula is C12H10ClFN2O2. The molecule has 2 heterocycles. The molecule has 0 saturated heterocycles. The zero-order chi connectivity index (χ0) is 13.1. The zero-order valence-electron chi connectivity index (χ0n) is 9.56. The summed E-state index contributed by atoms with van der Waals surface area (Å²) in [6.07, 6.45) is 5.63. The number of nitrogens with zero attached hydrogens (tertiary/aromatic N) is 2. The SMILES string of the molecule is CCOC(=O)/C=C/c1ncn2ccc(Cl)c(F)c12. The molecule has 2 rings (SSSR count). The number of imidazole rings is 1. The van der Waals surface area contributed by atoms with Crippen molar-refractivity contribution in [2.75, 3.05) is 6.61 Å². The number of aromatic nitrogens is 2. The molecule has 0 aliphatic carbocycles. The van der Waals surface area contributed by atoms with Gasteiger partial charge in [0.15, 0.2) is 5.82 Å². The lowest BCUT2D eigenvalue weighted by Crippen LogP contribution is -1.98. The minimum absolute atomic E-state index is 0.00813. The number of esters is 1. The van der Waals surface area contributed by atoms with Gasteiger partial charge in [-0.2, -0.15) is 0 Å². The first-order chi connectivity index (χ1) is 8.63. The largest absolute Gasteiger partial charge is 0.463 e. The molecule has 0 aliphatic rings.